The molecule has 0 radical (unpaired) electrons. The molecule has 1 unspecified atom stereocenters. The summed E-state index contributed by atoms with van der Waals surface area (Å²) >= 11 is 0. The van der Waals surface area contributed by atoms with Crippen LogP contribution in [0.4, 0.5) is 5.69 Å². The van der Waals surface area contributed by atoms with Crippen molar-refractivity contribution in [3.63, 3.8) is 0 Å². The maximum absolute atomic E-state index is 5.81. The van der Waals surface area contributed by atoms with E-state index in [0.29, 0.717) is 0 Å². The van der Waals surface area contributed by atoms with E-state index in [1.165, 1.54) is 24.1 Å². The van der Waals surface area contributed by atoms with E-state index < -0.39 is 0 Å². The average molecular weight is 234 g/mol. The number of benzene rings is 1. The predicted molar refractivity (Wildman–Crippen MR) is 76.6 cm³/mol. The Morgan fingerprint density at radius 2 is 1.59 bits per heavy atom. The molecule has 1 aromatic carbocycles. The molecule has 2 nitrogen and oxygen atoms in total. The van der Waals surface area contributed by atoms with Gasteiger partial charge in [0.1, 0.15) is 0 Å². The SMILES string of the molecule is CCCN(CCC)c1ccc(CC(C)N)cc1. The first kappa shape index (κ1) is 14.0. The Balaban J connectivity index is 2.69. The van der Waals surface area contributed by atoms with Gasteiger partial charge in [-0.2, -0.15) is 0 Å². The molecule has 0 fully saturated rings. The van der Waals surface area contributed by atoms with Crippen molar-refractivity contribution < 1.29 is 0 Å². The van der Waals surface area contributed by atoms with Crippen LogP contribution in [0.2, 0.25) is 0 Å². The van der Waals surface area contributed by atoms with Gasteiger partial charge in [-0.05, 0) is 43.9 Å². The number of hydrogen-bond acceptors (Lipinski definition) is 2. The molecule has 1 aromatic rings. The number of nitrogens with zero attached hydrogens (tertiary/aromatic N) is 1. The number of anilines is 1. The van der Waals surface area contributed by atoms with Crippen LogP contribution >= 0.6 is 0 Å². The lowest BCUT2D eigenvalue weighted by Gasteiger charge is -2.24. The maximum atomic E-state index is 5.81. The van der Waals surface area contributed by atoms with Crippen LogP contribution < -0.4 is 10.6 Å². The molecule has 1 atom stereocenters. The lowest BCUT2D eigenvalue weighted by molar-refractivity contribution is 0.734. The highest BCUT2D eigenvalue weighted by molar-refractivity contribution is 5.47. The second-order valence-corrected chi connectivity index (χ2v) is 4.83. The van der Waals surface area contributed by atoms with Gasteiger partial charge in [0.15, 0.2) is 0 Å². The predicted octanol–water partition coefficient (Wildman–Crippen LogP) is 3.20. The van der Waals surface area contributed by atoms with Gasteiger partial charge in [0.25, 0.3) is 0 Å². The van der Waals surface area contributed by atoms with Gasteiger partial charge in [0, 0.05) is 24.8 Å². The van der Waals surface area contributed by atoms with Crippen molar-refractivity contribution in [2.24, 2.45) is 5.73 Å². The highest BCUT2D eigenvalue weighted by atomic mass is 15.1. The highest BCUT2D eigenvalue weighted by Crippen LogP contribution is 2.16. The Bertz CT molecular complexity index is 297. The first-order chi connectivity index (χ1) is 8.17. The standard InChI is InChI=1S/C15H26N2/c1-4-10-17(11-5-2)15-8-6-14(7-9-15)12-13(3)16/h6-9,13H,4-5,10-12,16H2,1-3H3. The van der Waals surface area contributed by atoms with E-state index in [1.54, 1.807) is 0 Å². The minimum absolute atomic E-state index is 0.239. The molecule has 0 aliphatic carbocycles. The van der Waals surface area contributed by atoms with Gasteiger partial charge < -0.3 is 10.6 Å². The van der Waals surface area contributed by atoms with E-state index >= 15 is 0 Å². The Hall–Kier alpha value is -1.02. The lowest BCUT2D eigenvalue weighted by atomic mass is 10.1. The summed E-state index contributed by atoms with van der Waals surface area (Å²) in [6, 6.07) is 9.10. The third kappa shape index (κ3) is 4.78. The molecule has 0 amide bonds. The number of hydrogen-bond donors (Lipinski definition) is 1. The Labute approximate surface area is 106 Å². The van der Waals surface area contributed by atoms with Gasteiger partial charge >= 0.3 is 0 Å². The molecule has 17 heavy (non-hydrogen) atoms. The molecule has 0 heterocycles. The van der Waals surface area contributed by atoms with Gasteiger partial charge in [0.05, 0.1) is 0 Å². The molecule has 2 N–H and O–H groups in total. The van der Waals surface area contributed by atoms with Gasteiger partial charge in [0.2, 0.25) is 0 Å². The topological polar surface area (TPSA) is 29.3 Å². The fraction of sp³-hybridized carbons (Fsp3) is 0.600. The molecule has 2 heteroatoms. The molecule has 0 spiro atoms. The molecule has 0 aromatic heterocycles. The van der Waals surface area contributed by atoms with E-state index in [9.17, 15) is 0 Å². The largest absolute Gasteiger partial charge is 0.372 e. The number of nitrogens with two attached hydrogens (primary N) is 1. The third-order valence-corrected chi connectivity index (χ3v) is 2.85. The molecule has 0 saturated heterocycles. The van der Waals surface area contributed by atoms with Crippen molar-refractivity contribution in [2.75, 3.05) is 18.0 Å². The molecule has 0 aliphatic heterocycles. The smallest absolute Gasteiger partial charge is 0.0366 e. The molecular weight excluding hydrogens is 208 g/mol. The molecule has 0 aliphatic rings. The average Bonchev–Trinajstić information content (AvgIpc) is 2.29. The summed E-state index contributed by atoms with van der Waals surface area (Å²) in [6.45, 7) is 8.79. The summed E-state index contributed by atoms with van der Waals surface area (Å²) in [5, 5.41) is 0. The van der Waals surface area contributed by atoms with Crippen molar-refractivity contribution in [1.29, 1.82) is 0 Å². The minimum Gasteiger partial charge on any atom is -0.372 e. The van der Waals surface area contributed by atoms with Crippen molar-refractivity contribution >= 4 is 5.69 Å². The normalized spacial score (nSPS) is 12.5. The Morgan fingerprint density at radius 1 is 1.06 bits per heavy atom. The van der Waals surface area contributed by atoms with Crippen LogP contribution in [0.5, 0.6) is 0 Å². The summed E-state index contributed by atoms with van der Waals surface area (Å²) in [6.07, 6.45) is 3.35. The summed E-state index contributed by atoms with van der Waals surface area (Å²) in [5.74, 6) is 0. The zero-order valence-corrected chi connectivity index (χ0v) is 11.4. The first-order valence-electron chi connectivity index (χ1n) is 6.76. The van der Waals surface area contributed by atoms with Crippen LogP contribution in [-0.2, 0) is 6.42 Å². The molecule has 96 valence electrons. The summed E-state index contributed by atoms with van der Waals surface area (Å²) < 4.78 is 0. The van der Waals surface area contributed by atoms with Crippen molar-refractivity contribution in [3.8, 4) is 0 Å². The molecular formula is C15H26N2. The van der Waals surface area contributed by atoms with Crippen LogP contribution in [0.25, 0.3) is 0 Å². The van der Waals surface area contributed by atoms with Crippen LogP contribution in [0.3, 0.4) is 0 Å². The van der Waals surface area contributed by atoms with Crippen LogP contribution in [0.1, 0.15) is 39.2 Å². The maximum Gasteiger partial charge on any atom is 0.0366 e. The summed E-state index contributed by atoms with van der Waals surface area (Å²) in [7, 11) is 0. The fourth-order valence-electron chi connectivity index (χ4n) is 2.12. The van der Waals surface area contributed by atoms with Gasteiger partial charge in [-0.3, -0.25) is 0 Å². The number of rotatable bonds is 7. The monoisotopic (exact) mass is 234 g/mol. The van der Waals surface area contributed by atoms with E-state index in [2.05, 4.69) is 43.0 Å². The van der Waals surface area contributed by atoms with E-state index in [-0.39, 0.29) is 6.04 Å². The van der Waals surface area contributed by atoms with Gasteiger partial charge in [-0.1, -0.05) is 26.0 Å². The second-order valence-electron chi connectivity index (χ2n) is 4.83. The van der Waals surface area contributed by atoms with E-state index in [4.69, 9.17) is 5.73 Å². The van der Waals surface area contributed by atoms with E-state index in [0.717, 1.165) is 19.5 Å². The summed E-state index contributed by atoms with van der Waals surface area (Å²) in [4.78, 5) is 2.45. The summed E-state index contributed by atoms with van der Waals surface area (Å²) in [5.41, 5.74) is 8.47. The van der Waals surface area contributed by atoms with Gasteiger partial charge in [-0.25, -0.2) is 0 Å². The van der Waals surface area contributed by atoms with Crippen LogP contribution in [-0.4, -0.2) is 19.1 Å². The van der Waals surface area contributed by atoms with Crippen molar-refractivity contribution in [1.82, 2.24) is 0 Å². The third-order valence-electron chi connectivity index (χ3n) is 2.85. The quantitative estimate of drug-likeness (QED) is 0.785. The van der Waals surface area contributed by atoms with E-state index in [1.807, 2.05) is 6.92 Å². The molecule has 0 saturated carbocycles. The Morgan fingerprint density at radius 3 is 2.00 bits per heavy atom. The lowest BCUT2D eigenvalue weighted by Crippen LogP contribution is -2.24. The first-order valence-corrected chi connectivity index (χ1v) is 6.76. The zero-order valence-electron chi connectivity index (χ0n) is 11.4. The molecule has 0 bridgehead atoms. The van der Waals surface area contributed by atoms with Crippen molar-refractivity contribution in [2.45, 2.75) is 46.1 Å². The zero-order chi connectivity index (χ0) is 12.7. The van der Waals surface area contributed by atoms with Crippen molar-refractivity contribution in [3.05, 3.63) is 29.8 Å². The van der Waals surface area contributed by atoms with Gasteiger partial charge in [-0.15, -0.1) is 0 Å². The fourth-order valence-corrected chi connectivity index (χ4v) is 2.12. The Kier molecular flexibility index (Phi) is 6.06. The highest BCUT2D eigenvalue weighted by Gasteiger charge is 2.04. The van der Waals surface area contributed by atoms with Crippen LogP contribution in [0, 0.1) is 0 Å². The minimum atomic E-state index is 0.239. The van der Waals surface area contributed by atoms with Crippen LogP contribution in [0.15, 0.2) is 24.3 Å². The second kappa shape index (κ2) is 7.33. The molecule has 1 rings (SSSR count).